The molecule has 4 nitrogen and oxygen atoms in total. The molecule has 0 amide bonds. The average Bonchev–Trinajstić information content (AvgIpc) is 2.59. The maximum absolute atomic E-state index is 9.69. The topological polar surface area (TPSA) is 73.7 Å². The van der Waals surface area contributed by atoms with E-state index in [-0.39, 0.29) is 0 Å². The van der Waals surface area contributed by atoms with Gasteiger partial charge in [-0.25, -0.2) is 0 Å². The fourth-order valence-corrected chi connectivity index (χ4v) is 2.81. The molecule has 4 heteroatoms. The van der Waals surface area contributed by atoms with Crippen molar-refractivity contribution in [1.82, 2.24) is 0 Å². The summed E-state index contributed by atoms with van der Waals surface area (Å²) >= 11 is 0. The number of rotatable bonds is 11. The molecule has 0 saturated heterocycles. The van der Waals surface area contributed by atoms with Gasteiger partial charge < -0.3 is 20.8 Å². The van der Waals surface area contributed by atoms with Gasteiger partial charge in [0.1, 0.15) is 24.6 Å². The quantitative estimate of drug-likeness (QED) is 0.471. The van der Waals surface area contributed by atoms with Crippen LogP contribution in [0.15, 0.2) is 48.5 Å². The zero-order valence-corrected chi connectivity index (χ0v) is 14.3. The van der Waals surface area contributed by atoms with Crippen molar-refractivity contribution in [2.75, 3.05) is 13.1 Å². The number of benzene rings is 2. The highest BCUT2D eigenvalue weighted by atomic mass is 16.3. The van der Waals surface area contributed by atoms with Crippen molar-refractivity contribution in [3.8, 4) is 11.5 Å². The molecule has 130 valence electrons. The highest BCUT2D eigenvalue weighted by Gasteiger charge is 2.02. The van der Waals surface area contributed by atoms with Gasteiger partial charge in [0.25, 0.3) is 0 Å². The Labute approximate surface area is 144 Å². The number of nitrogens with two attached hydrogens (primary N) is 2. The van der Waals surface area contributed by atoms with E-state index in [1.807, 2.05) is 36.4 Å². The summed E-state index contributed by atoms with van der Waals surface area (Å²) in [6.07, 6.45) is 4.93. The van der Waals surface area contributed by atoms with E-state index in [1.54, 1.807) is 12.1 Å². The lowest BCUT2D eigenvalue weighted by Crippen LogP contribution is -2.82. The molecule has 0 aliphatic heterocycles. The van der Waals surface area contributed by atoms with Crippen LogP contribution in [0.4, 0.5) is 0 Å². The summed E-state index contributed by atoms with van der Waals surface area (Å²) in [6.45, 7) is 3.91. The molecule has 0 atom stereocenters. The Morgan fingerprint density at radius 1 is 0.583 bits per heavy atom. The number of quaternary nitrogens is 2. The third-order valence-electron chi connectivity index (χ3n) is 4.28. The van der Waals surface area contributed by atoms with Crippen LogP contribution in [0.2, 0.25) is 0 Å². The molecule has 2 rings (SSSR count). The normalized spacial score (nSPS) is 10.8. The van der Waals surface area contributed by atoms with Crippen LogP contribution in [0.5, 0.6) is 11.5 Å². The summed E-state index contributed by atoms with van der Waals surface area (Å²) in [6, 6.07) is 15.1. The Morgan fingerprint density at radius 2 is 1.00 bits per heavy atom. The van der Waals surface area contributed by atoms with Crippen LogP contribution in [-0.2, 0) is 13.1 Å². The molecular weight excluding hydrogens is 300 g/mol. The lowest BCUT2D eigenvalue weighted by molar-refractivity contribution is -0.672. The maximum Gasteiger partial charge on any atom is 0.124 e. The van der Waals surface area contributed by atoms with E-state index in [0.29, 0.717) is 11.5 Å². The van der Waals surface area contributed by atoms with Crippen molar-refractivity contribution in [3.05, 3.63) is 59.7 Å². The highest BCUT2D eigenvalue weighted by molar-refractivity contribution is 5.31. The fourth-order valence-electron chi connectivity index (χ4n) is 2.81. The highest BCUT2D eigenvalue weighted by Crippen LogP contribution is 2.14. The van der Waals surface area contributed by atoms with Crippen molar-refractivity contribution in [2.24, 2.45) is 0 Å². The zero-order valence-electron chi connectivity index (χ0n) is 14.3. The summed E-state index contributed by atoms with van der Waals surface area (Å²) < 4.78 is 0. The van der Waals surface area contributed by atoms with Gasteiger partial charge in [0.2, 0.25) is 0 Å². The Hall–Kier alpha value is -2.04. The third kappa shape index (κ3) is 6.60. The van der Waals surface area contributed by atoms with E-state index in [0.717, 1.165) is 37.3 Å². The van der Waals surface area contributed by atoms with Gasteiger partial charge in [-0.05, 0) is 49.9 Å². The van der Waals surface area contributed by atoms with Crippen LogP contribution < -0.4 is 10.6 Å². The van der Waals surface area contributed by atoms with Gasteiger partial charge in [0.05, 0.1) is 13.1 Å². The average molecular weight is 330 g/mol. The lowest BCUT2D eigenvalue weighted by atomic mass is 10.1. The smallest absolute Gasteiger partial charge is 0.124 e. The van der Waals surface area contributed by atoms with E-state index in [4.69, 9.17) is 0 Å². The molecule has 0 aliphatic carbocycles. The predicted molar refractivity (Wildman–Crippen MR) is 95.7 cm³/mol. The van der Waals surface area contributed by atoms with E-state index in [2.05, 4.69) is 10.6 Å². The number of unbranched alkanes of at least 4 members (excludes halogenated alkanes) is 3. The second-order valence-corrected chi connectivity index (χ2v) is 6.23. The van der Waals surface area contributed by atoms with Gasteiger partial charge >= 0.3 is 0 Å². The van der Waals surface area contributed by atoms with E-state index >= 15 is 0 Å². The molecule has 0 aromatic heterocycles. The van der Waals surface area contributed by atoms with Crippen molar-refractivity contribution < 1.29 is 20.8 Å². The summed E-state index contributed by atoms with van der Waals surface area (Å²) in [5.41, 5.74) is 2.02. The molecule has 24 heavy (non-hydrogen) atoms. The molecule has 6 N–H and O–H groups in total. The minimum absolute atomic E-state index is 0.397. The Bertz CT molecular complexity index is 548. The van der Waals surface area contributed by atoms with Gasteiger partial charge in [-0.3, -0.25) is 0 Å². The molecular formula is C20H30N2O2+2. The standard InChI is InChI=1S/C20H28N2O2/c23-19-11-5-3-9-17(19)15-21-13-7-1-2-8-14-22-16-18-10-4-6-12-20(18)24/h3-6,9-12,21-24H,1-2,7-8,13-16H2/p+2. The molecule has 0 radical (unpaired) electrons. The van der Waals surface area contributed by atoms with E-state index < -0.39 is 0 Å². The van der Waals surface area contributed by atoms with Gasteiger partial charge in [0, 0.05) is 11.1 Å². The van der Waals surface area contributed by atoms with Gasteiger partial charge in [-0.15, -0.1) is 0 Å². The molecule has 0 heterocycles. The number of hydrogen-bond acceptors (Lipinski definition) is 2. The molecule has 0 bridgehead atoms. The van der Waals surface area contributed by atoms with Crippen LogP contribution >= 0.6 is 0 Å². The molecule has 0 spiro atoms. The Kier molecular flexibility index (Phi) is 8.15. The first kappa shape index (κ1) is 18.3. The summed E-state index contributed by atoms with van der Waals surface area (Å²) in [5.74, 6) is 0.794. The summed E-state index contributed by atoms with van der Waals surface area (Å²) in [4.78, 5) is 0. The van der Waals surface area contributed by atoms with Gasteiger partial charge in [-0.1, -0.05) is 24.3 Å². The van der Waals surface area contributed by atoms with E-state index in [1.165, 1.54) is 25.7 Å². The molecule has 0 saturated carbocycles. The van der Waals surface area contributed by atoms with Crippen LogP contribution in [0.1, 0.15) is 36.8 Å². The Morgan fingerprint density at radius 3 is 1.42 bits per heavy atom. The largest absolute Gasteiger partial charge is 0.507 e. The first-order chi connectivity index (χ1) is 11.8. The molecule has 0 unspecified atom stereocenters. The van der Waals surface area contributed by atoms with Crippen molar-refractivity contribution in [2.45, 2.75) is 38.8 Å². The SMILES string of the molecule is Oc1ccccc1C[NH2+]CCCCCC[NH2+]Cc1ccccc1O. The molecule has 0 aliphatic rings. The monoisotopic (exact) mass is 330 g/mol. The minimum Gasteiger partial charge on any atom is -0.507 e. The first-order valence-corrected chi connectivity index (χ1v) is 8.94. The van der Waals surface area contributed by atoms with Gasteiger partial charge in [-0.2, -0.15) is 0 Å². The number of aromatic hydroxyl groups is 2. The van der Waals surface area contributed by atoms with Crippen LogP contribution in [0.25, 0.3) is 0 Å². The minimum atomic E-state index is 0.397. The van der Waals surface area contributed by atoms with Crippen LogP contribution in [-0.4, -0.2) is 23.3 Å². The molecule has 2 aromatic rings. The number of hydrogen-bond donors (Lipinski definition) is 4. The Balaban J connectivity index is 1.43. The number of phenols is 2. The van der Waals surface area contributed by atoms with Gasteiger partial charge in [0.15, 0.2) is 0 Å². The number of phenolic OH excluding ortho intramolecular Hbond substituents is 2. The summed E-state index contributed by atoms with van der Waals surface area (Å²) in [7, 11) is 0. The van der Waals surface area contributed by atoms with Crippen molar-refractivity contribution in [1.29, 1.82) is 0 Å². The maximum atomic E-state index is 9.69. The first-order valence-electron chi connectivity index (χ1n) is 8.94. The van der Waals surface area contributed by atoms with Crippen LogP contribution in [0, 0.1) is 0 Å². The second kappa shape index (κ2) is 10.7. The zero-order chi connectivity index (χ0) is 17.0. The number of para-hydroxylation sites is 2. The van der Waals surface area contributed by atoms with Crippen molar-refractivity contribution >= 4 is 0 Å². The fraction of sp³-hybridized carbons (Fsp3) is 0.400. The predicted octanol–water partition coefficient (Wildman–Crippen LogP) is 1.49. The molecule has 0 fully saturated rings. The second-order valence-electron chi connectivity index (χ2n) is 6.23. The third-order valence-corrected chi connectivity index (χ3v) is 4.28. The van der Waals surface area contributed by atoms with E-state index in [9.17, 15) is 10.2 Å². The summed E-state index contributed by atoms with van der Waals surface area (Å²) in [5, 5.41) is 23.9. The molecule has 2 aromatic carbocycles. The van der Waals surface area contributed by atoms with Crippen LogP contribution in [0.3, 0.4) is 0 Å². The lowest BCUT2D eigenvalue weighted by Gasteiger charge is -2.05. The van der Waals surface area contributed by atoms with Crippen molar-refractivity contribution in [3.63, 3.8) is 0 Å².